The van der Waals surface area contributed by atoms with Gasteiger partial charge in [-0.3, -0.25) is 14.2 Å². The minimum atomic E-state index is -0.409. The minimum absolute atomic E-state index is 0.00682. The Labute approximate surface area is 179 Å². The summed E-state index contributed by atoms with van der Waals surface area (Å²) in [6, 6.07) is 11.0. The number of likely N-dealkylation sites (tertiary alicyclic amines) is 1. The maximum atomic E-state index is 12.7. The molecule has 1 aliphatic heterocycles. The molecule has 3 aromatic rings. The lowest BCUT2D eigenvalue weighted by molar-refractivity contribution is -0.134. The van der Waals surface area contributed by atoms with Crippen LogP contribution in [0.1, 0.15) is 31.2 Å². The fraction of sp³-hybridized carbons (Fsp3) is 0.391. The molecule has 0 saturated carbocycles. The van der Waals surface area contributed by atoms with Gasteiger partial charge in [-0.05, 0) is 49.9 Å². The van der Waals surface area contributed by atoms with E-state index >= 15 is 0 Å². The number of nitrogens with zero attached hydrogens (tertiary/aromatic N) is 3. The summed E-state index contributed by atoms with van der Waals surface area (Å²) in [5.74, 6) is -0.190. The van der Waals surface area contributed by atoms with E-state index in [1.54, 1.807) is 21.7 Å². The van der Waals surface area contributed by atoms with Crippen LogP contribution in [0.3, 0.4) is 0 Å². The monoisotopic (exact) mass is 422 g/mol. The largest absolute Gasteiger partial charge is 0.419 e. The van der Waals surface area contributed by atoms with Crippen LogP contribution in [0.4, 0.5) is 5.82 Å². The summed E-state index contributed by atoms with van der Waals surface area (Å²) in [7, 11) is 0. The van der Waals surface area contributed by atoms with E-state index in [9.17, 15) is 14.4 Å². The van der Waals surface area contributed by atoms with Gasteiger partial charge in [-0.2, -0.15) is 0 Å². The standard InChI is InChI=1S/C23H26N4O4/c1-16-7-4-12-24-21(16)25-22(29)17-8-5-13-26(15-17)20(28)11-6-14-27-18-9-2-3-10-19(18)31-23(27)30/h2-4,7,9-10,12,17H,5-6,8,11,13-15H2,1H3,(H,24,25,29). The van der Waals surface area contributed by atoms with Gasteiger partial charge in [0, 0.05) is 32.3 Å². The van der Waals surface area contributed by atoms with Crippen LogP contribution in [0.2, 0.25) is 0 Å². The second kappa shape index (κ2) is 9.16. The third kappa shape index (κ3) is 4.68. The highest BCUT2D eigenvalue weighted by atomic mass is 16.4. The zero-order valence-electron chi connectivity index (χ0n) is 17.5. The fourth-order valence-corrected chi connectivity index (χ4v) is 4.03. The topological polar surface area (TPSA) is 97.4 Å². The van der Waals surface area contributed by atoms with Crippen molar-refractivity contribution < 1.29 is 14.0 Å². The van der Waals surface area contributed by atoms with Crippen LogP contribution in [0.15, 0.2) is 51.8 Å². The van der Waals surface area contributed by atoms with E-state index in [1.807, 2.05) is 37.3 Å². The highest BCUT2D eigenvalue weighted by molar-refractivity contribution is 5.93. The number of carbonyl (C=O) groups excluding carboxylic acids is 2. The first-order chi connectivity index (χ1) is 15.0. The number of oxazole rings is 1. The molecule has 0 spiro atoms. The molecule has 8 nitrogen and oxygen atoms in total. The normalized spacial score (nSPS) is 16.4. The van der Waals surface area contributed by atoms with Gasteiger partial charge in [0.25, 0.3) is 0 Å². The van der Waals surface area contributed by atoms with E-state index in [2.05, 4.69) is 10.3 Å². The lowest BCUT2D eigenvalue weighted by Crippen LogP contribution is -2.43. The number of anilines is 1. The summed E-state index contributed by atoms with van der Waals surface area (Å²) in [6.07, 6.45) is 4.03. The Hall–Kier alpha value is -3.42. The van der Waals surface area contributed by atoms with E-state index in [4.69, 9.17) is 4.42 Å². The smallest absolute Gasteiger partial charge is 0.408 e. The number of fused-ring (bicyclic) bond motifs is 1. The SMILES string of the molecule is Cc1cccnc1NC(=O)C1CCCN(C(=O)CCCn2c(=O)oc3ccccc32)C1. The zero-order valence-corrected chi connectivity index (χ0v) is 17.5. The number of aromatic nitrogens is 2. The summed E-state index contributed by atoms with van der Waals surface area (Å²) in [6.45, 7) is 3.37. The quantitative estimate of drug-likeness (QED) is 0.659. The average molecular weight is 422 g/mol. The molecule has 8 heteroatoms. The number of nitrogens with one attached hydrogen (secondary N) is 1. The van der Waals surface area contributed by atoms with Gasteiger partial charge in [0.15, 0.2) is 5.58 Å². The van der Waals surface area contributed by atoms with Crippen LogP contribution in [0, 0.1) is 12.8 Å². The van der Waals surface area contributed by atoms with Gasteiger partial charge in [0.2, 0.25) is 11.8 Å². The summed E-state index contributed by atoms with van der Waals surface area (Å²) in [5.41, 5.74) is 2.19. The van der Waals surface area contributed by atoms with Crippen LogP contribution in [0.25, 0.3) is 11.1 Å². The molecule has 1 unspecified atom stereocenters. The first-order valence-electron chi connectivity index (χ1n) is 10.6. The first-order valence-corrected chi connectivity index (χ1v) is 10.6. The van der Waals surface area contributed by atoms with Crippen LogP contribution < -0.4 is 11.1 Å². The maximum Gasteiger partial charge on any atom is 0.419 e. The number of carbonyl (C=O) groups is 2. The number of hydrogen-bond donors (Lipinski definition) is 1. The molecule has 4 rings (SSSR count). The van der Waals surface area contributed by atoms with Gasteiger partial charge in [0.05, 0.1) is 11.4 Å². The average Bonchev–Trinajstić information content (AvgIpc) is 3.10. The zero-order chi connectivity index (χ0) is 21.8. The Kier molecular flexibility index (Phi) is 6.16. The Morgan fingerprint density at radius 2 is 2.06 bits per heavy atom. The number of piperidine rings is 1. The van der Waals surface area contributed by atoms with Crippen molar-refractivity contribution in [3.05, 3.63) is 58.7 Å². The predicted octanol–water partition coefficient (Wildman–Crippen LogP) is 2.96. The van der Waals surface area contributed by atoms with Crippen LogP contribution in [0.5, 0.6) is 0 Å². The number of para-hydroxylation sites is 2. The molecule has 2 aromatic heterocycles. The number of amides is 2. The Bertz CT molecular complexity index is 1150. The van der Waals surface area contributed by atoms with E-state index in [0.717, 1.165) is 23.9 Å². The molecule has 0 bridgehead atoms. The van der Waals surface area contributed by atoms with Crippen molar-refractivity contribution in [2.75, 3.05) is 18.4 Å². The highest BCUT2D eigenvalue weighted by Crippen LogP contribution is 2.20. The minimum Gasteiger partial charge on any atom is -0.408 e. The summed E-state index contributed by atoms with van der Waals surface area (Å²) >= 11 is 0. The van der Waals surface area contributed by atoms with Crippen molar-refractivity contribution in [2.45, 2.75) is 39.2 Å². The molecular formula is C23H26N4O4. The number of aryl methyl sites for hydroxylation is 2. The van der Waals surface area contributed by atoms with Gasteiger partial charge in [-0.1, -0.05) is 18.2 Å². The molecule has 1 aliphatic rings. The van der Waals surface area contributed by atoms with Crippen LogP contribution in [-0.4, -0.2) is 39.4 Å². The Balaban J connectivity index is 1.31. The van der Waals surface area contributed by atoms with Crippen LogP contribution >= 0.6 is 0 Å². The summed E-state index contributed by atoms with van der Waals surface area (Å²) in [4.78, 5) is 43.4. The molecule has 0 radical (unpaired) electrons. The van der Waals surface area contributed by atoms with Crippen molar-refractivity contribution in [2.24, 2.45) is 5.92 Å². The van der Waals surface area contributed by atoms with Crippen molar-refractivity contribution in [1.82, 2.24) is 14.5 Å². The molecule has 1 fully saturated rings. The molecule has 1 N–H and O–H groups in total. The number of benzene rings is 1. The van der Waals surface area contributed by atoms with Gasteiger partial charge in [-0.25, -0.2) is 9.78 Å². The maximum absolute atomic E-state index is 12.7. The van der Waals surface area contributed by atoms with E-state index < -0.39 is 5.76 Å². The molecule has 162 valence electrons. The number of hydrogen-bond acceptors (Lipinski definition) is 5. The lowest BCUT2D eigenvalue weighted by atomic mass is 9.96. The highest BCUT2D eigenvalue weighted by Gasteiger charge is 2.28. The van der Waals surface area contributed by atoms with E-state index in [-0.39, 0.29) is 17.7 Å². The third-order valence-electron chi connectivity index (χ3n) is 5.74. The van der Waals surface area contributed by atoms with Crippen molar-refractivity contribution in [3.63, 3.8) is 0 Å². The Morgan fingerprint density at radius 3 is 2.90 bits per heavy atom. The number of pyridine rings is 1. The van der Waals surface area contributed by atoms with E-state index in [1.165, 1.54) is 0 Å². The summed E-state index contributed by atoms with van der Waals surface area (Å²) in [5, 5.41) is 2.89. The van der Waals surface area contributed by atoms with Crippen molar-refractivity contribution in [3.8, 4) is 0 Å². The van der Waals surface area contributed by atoms with Gasteiger partial charge >= 0.3 is 5.76 Å². The second-order valence-electron chi connectivity index (χ2n) is 7.93. The molecule has 1 atom stereocenters. The predicted molar refractivity (Wildman–Crippen MR) is 117 cm³/mol. The van der Waals surface area contributed by atoms with Crippen molar-refractivity contribution in [1.29, 1.82) is 0 Å². The molecule has 1 aromatic carbocycles. The van der Waals surface area contributed by atoms with Crippen molar-refractivity contribution >= 4 is 28.7 Å². The molecular weight excluding hydrogens is 396 g/mol. The molecule has 3 heterocycles. The molecule has 2 amide bonds. The second-order valence-corrected chi connectivity index (χ2v) is 7.93. The number of rotatable bonds is 6. The van der Waals surface area contributed by atoms with Crippen LogP contribution in [-0.2, 0) is 16.1 Å². The third-order valence-corrected chi connectivity index (χ3v) is 5.74. The Morgan fingerprint density at radius 1 is 1.23 bits per heavy atom. The van der Waals surface area contributed by atoms with Gasteiger partial charge in [-0.15, -0.1) is 0 Å². The lowest BCUT2D eigenvalue weighted by Gasteiger charge is -2.32. The van der Waals surface area contributed by atoms with Gasteiger partial charge in [0.1, 0.15) is 5.82 Å². The first kappa shape index (κ1) is 20.8. The fourth-order valence-electron chi connectivity index (χ4n) is 4.03. The molecule has 0 aliphatic carbocycles. The summed E-state index contributed by atoms with van der Waals surface area (Å²) < 4.78 is 6.79. The van der Waals surface area contributed by atoms with E-state index in [0.29, 0.717) is 43.9 Å². The molecule has 1 saturated heterocycles. The van der Waals surface area contributed by atoms with Gasteiger partial charge < -0.3 is 14.6 Å². The molecule has 31 heavy (non-hydrogen) atoms.